The fourth-order valence-electron chi connectivity index (χ4n) is 4.77. The largest absolute Gasteiger partial charge is 0.389 e. The topological polar surface area (TPSA) is 162 Å². The minimum absolute atomic E-state index is 0.0478. The Hall–Kier alpha value is -2.42. The minimum Gasteiger partial charge on any atom is -0.389 e. The van der Waals surface area contributed by atoms with Crippen molar-refractivity contribution in [3.63, 3.8) is 0 Å². The Morgan fingerprint density at radius 2 is 1.84 bits per heavy atom. The number of fused-ring (bicyclic) bond motifs is 1. The molecule has 4 N–H and O–H groups in total. The first-order chi connectivity index (χ1) is 17.5. The maximum absolute atomic E-state index is 12.3. The van der Waals surface area contributed by atoms with E-state index in [1.807, 2.05) is 13.8 Å². The van der Waals surface area contributed by atoms with Crippen LogP contribution in [0.25, 0.3) is 0 Å². The Kier molecular flexibility index (Phi) is 8.61. The zero-order valence-corrected chi connectivity index (χ0v) is 22.1. The zero-order valence-electron chi connectivity index (χ0n) is 21.2. The van der Waals surface area contributed by atoms with Crippen LogP contribution in [-0.4, -0.2) is 83.1 Å². The van der Waals surface area contributed by atoms with Crippen LogP contribution in [0.5, 0.6) is 0 Å². The number of rotatable bonds is 11. The van der Waals surface area contributed by atoms with Crippen LogP contribution in [0, 0.1) is 0 Å². The van der Waals surface area contributed by atoms with E-state index in [9.17, 15) is 18.3 Å². The van der Waals surface area contributed by atoms with Gasteiger partial charge in [-0.25, -0.2) is 13.6 Å². The van der Waals surface area contributed by atoms with E-state index in [1.165, 1.54) is 24.3 Å². The summed E-state index contributed by atoms with van der Waals surface area (Å²) in [5, 5.41) is 26.4. The predicted molar refractivity (Wildman–Crippen MR) is 134 cm³/mol. The van der Waals surface area contributed by atoms with Crippen LogP contribution in [0.3, 0.4) is 0 Å². The number of hydrogen-bond acceptors (Lipinski definition) is 9. The molecule has 2 aliphatic rings. The van der Waals surface area contributed by atoms with Crippen molar-refractivity contribution in [2.75, 3.05) is 19.6 Å². The van der Waals surface area contributed by atoms with Crippen molar-refractivity contribution in [1.29, 1.82) is 0 Å². The summed E-state index contributed by atoms with van der Waals surface area (Å²) in [5.41, 5.74) is 0.962. The minimum atomic E-state index is -3.80. The van der Waals surface area contributed by atoms with Gasteiger partial charge in [0, 0.05) is 25.2 Å². The molecule has 1 aromatic heterocycles. The molecule has 1 amide bonds. The Morgan fingerprint density at radius 3 is 2.54 bits per heavy atom. The Balaban J connectivity index is 1.10. The van der Waals surface area contributed by atoms with Gasteiger partial charge < -0.3 is 19.9 Å². The first-order valence-corrected chi connectivity index (χ1v) is 14.1. The number of unbranched alkanes of at least 4 members (excludes halogenated alkanes) is 3. The van der Waals surface area contributed by atoms with Gasteiger partial charge in [-0.15, -0.1) is 5.10 Å². The Bertz CT molecular complexity index is 1170. The number of carbonyl (C=O) groups is 1. The summed E-state index contributed by atoms with van der Waals surface area (Å²) in [5.74, 6) is -0.980. The molecular formula is C24H36N6O6S. The van der Waals surface area contributed by atoms with Crippen LogP contribution in [0.4, 0.5) is 0 Å². The number of sulfonamides is 1. The van der Waals surface area contributed by atoms with Gasteiger partial charge in [-0.1, -0.05) is 18.1 Å². The SMILES string of the molecule is CC1(C)O[C@H]2[C@H](O)CN(CCCCCCn3cc(CNC(=O)c4ccc(S(N)(=O)=O)cc4)nn3)C[C@@H]2O1. The summed E-state index contributed by atoms with van der Waals surface area (Å²) in [7, 11) is -3.80. The molecule has 0 radical (unpaired) electrons. The highest BCUT2D eigenvalue weighted by Crippen LogP contribution is 2.33. The highest BCUT2D eigenvalue weighted by Gasteiger charge is 2.48. The predicted octanol–water partition coefficient (Wildman–Crippen LogP) is 0.613. The molecule has 3 heterocycles. The quantitative estimate of drug-likeness (QED) is 0.349. The van der Waals surface area contributed by atoms with Crippen molar-refractivity contribution in [3.8, 4) is 0 Å². The number of primary sulfonamides is 1. The number of β-amino-alcohol motifs (C(OH)–C–C–N with tert-alkyl or cyclic N) is 1. The molecule has 2 fully saturated rings. The summed E-state index contributed by atoms with van der Waals surface area (Å²) in [6.07, 6.45) is 5.09. The molecule has 204 valence electrons. The highest BCUT2D eigenvalue weighted by atomic mass is 32.2. The van der Waals surface area contributed by atoms with E-state index >= 15 is 0 Å². The molecule has 2 saturated heterocycles. The lowest BCUT2D eigenvalue weighted by molar-refractivity contribution is -0.152. The molecule has 2 aliphatic heterocycles. The monoisotopic (exact) mass is 536 g/mol. The first-order valence-electron chi connectivity index (χ1n) is 12.6. The average Bonchev–Trinajstić information content (AvgIpc) is 3.42. The van der Waals surface area contributed by atoms with Crippen LogP contribution in [0.15, 0.2) is 35.4 Å². The number of aliphatic hydroxyl groups is 1. The number of nitrogens with one attached hydrogen (secondary N) is 1. The van der Waals surface area contributed by atoms with Crippen molar-refractivity contribution in [3.05, 3.63) is 41.7 Å². The molecule has 2 aromatic rings. The first kappa shape index (κ1) is 27.6. The lowest BCUT2D eigenvalue weighted by atomic mass is 10.0. The molecule has 37 heavy (non-hydrogen) atoms. The van der Waals surface area contributed by atoms with Crippen LogP contribution in [0.1, 0.15) is 55.6 Å². The number of nitrogens with two attached hydrogens (primary N) is 1. The summed E-state index contributed by atoms with van der Waals surface area (Å²) >= 11 is 0. The molecule has 1 aromatic carbocycles. The second-order valence-corrected chi connectivity index (χ2v) is 11.7. The fourth-order valence-corrected chi connectivity index (χ4v) is 5.29. The molecule has 0 saturated carbocycles. The number of amides is 1. The second-order valence-electron chi connectivity index (χ2n) is 10.1. The molecular weight excluding hydrogens is 500 g/mol. The van der Waals surface area contributed by atoms with Crippen molar-refractivity contribution in [2.24, 2.45) is 5.14 Å². The summed E-state index contributed by atoms with van der Waals surface area (Å²) in [6, 6.07) is 5.41. The van der Waals surface area contributed by atoms with E-state index < -0.39 is 21.9 Å². The maximum atomic E-state index is 12.3. The molecule has 4 rings (SSSR count). The van der Waals surface area contributed by atoms with E-state index in [4.69, 9.17) is 14.6 Å². The molecule has 0 bridgehead atoms. The van der Waals surface area contributed by atoms with E-state index in [2.05, 4.69) is 20.5 Å². The van der Waals surface area contributed by atoms with Gasteiger partial charge in [-0.3, -0.25) is 14.4 Å². The van der Waals surface area contributed by atoms with Gasteiger partial charge >= 0.3 is 0 Å². The van der Waals surface area contributed by atoms with Crippen molar-refractivity contribution >= 4 is 15.9 Å². The third-order valence-electron chi connectivity index (χ3n) is 6.56. The summed E-state index contributed by atoms with van der Waals surface area (Å²) in [6.45, 7) is 7.04. The molecule has 13 heteroatoms. The van der Waals surface area contributed by atoms with E-state index in [0.29, 0.717) is 17.8 Å². The zero-order chi connectivity index (χ0) is 26.6. The molecule has 3 atom stereocenters. The Labute approximate surface area is 217 Å². The van der Waals surface area contributed by atoms with Gasteiger partial charge in [0.1, 0.15) is 17.9 Å². The number of hydrogen-bond donors (Lipinski definition) is 3. The van der Waals surface area contributed by atoms with Gasteiger partial charge in [0.05, 0.1) is 23.7 Å². The highest BCUT2D eigenvalue weighted by molar-refractivity contribution is 7.89. The number of aromatic nitrogens is 3. The lowest BCUT2D eigenvalue weighted by Crippen LogP contribution is -2.54. The normalized spacial score (nSPS) is 23.6. The van der Waals surface area contributed by atoms with Gasteiger partial charge in [0.25, 0.3) is 5.91 Å². The van der Waals surface area contributed by atoms with Gasteiger partial charge in [-0.2, -0.15) is 0 Å². The van der Waals surface area contributed by atoms with Gasteiger partial charge in [0.15, 0.2) is 5.79 Å². The van der Waals surface area contributed by atoms with Crippen LogP contribution >= 0.6 is 0 Å². The van der Waals surface area contributed by atoms with E-state index in [-0.39, 0.29) is 29.6 Å². The molecule has 12 nitrogen and oxygen atoms in total. The third-order valence-corrected chi connectivity index (χ3v) is 7.49. The van der Waals surface area contributed by atoms with Crippen molar-refractivity contribution in [1.82, 2.24) is 25.2 Å². The van der Waals surface area contributed by atoms with E-state index in [0.717, 1.165) is 45.3 Å². The smallest absolute Gasteiger partial charge is 0.251 e. The van der Waals surface area contributed by atoms with Crippen LogP contribution in [-0.2, 0) is 32.6 Å². The number of ether oxygens (including phenoxy) is 2. The summed E-state index contributed by atoms with van der Waals surface area (Å²) in [4.78, 5) is 14.5. The number of aryl methyl sites for hydroxylation is 1. The molecule has 0 aliphatic carbocycles. The maximum Gasteiger partial charge on any atom is 0.251 e. The lowest BCUT2D eigenvalue weighted by Gasteiger charge is -2.36. The summed E-state index contributed by atoms with van der Waals surface area (Å²) < 4.78 is 36.2. The standard InChI is InChI=1S/C24H36N6O6S/c1-24(2)35-21-16-29(15-20(31)22(21)36-24)11-5-3-4-6-12-30-14-18(27-28-30)13-26-23(32)17-7-9-19(10-8-17)37(25,33)34/h7-10,14,20-22,31H,3-6,11-13,15-16H2,1-2H3,(H,26,32)(H2,25,33,34)/t20-,21+,22+/m1/s1. The van der Waals surface area contributed by atoms with Gasteiger partial charge in [0.2, 0.25) is 10.0 Å². The number of aliphatic hydroxyl groups excluding tert-OH is 1. The Morgan fingerprint density at radius 1 is 1.14 bits per heavy atom. The molecule has 0 spiro atoms. The van der Waals surface area contributed by atoms with Crippen LogP contribution < -0.4 is 10.5 Å². The number of nitrogens with zero attached hydrogens (tertiary/aromatic N) is 4. The second kappa shape index (κ2) is 11.5. The van der Waals surface area contributed by atoms with Crippen molar-refractivity contribution in [2.45, 2.75) is 81.6 Å². The van der Waals surface area contributed by atoms with Gasteiger partial charge in [-0.05, 0) is 57.5 Å². The number of carbonyl (C=O) groups excluding carboxylic acids is 1. The molecule has 0 unspecified atom stereocenters. The van der Waals surface area contributed by atoms with Crippen LogP contribution in [0.2, 0.25) is 0 Å². The van der Waals surface area contributed by atoms with E-state index in [1.54, 1.807) is 10.9 Å². The fraction of sp³-hybridized carbons (Fsp3) is 0.625. The van der Waals surface area contributed by atoms with Crippen molar-refractivity contribution < 1.29 is 27.8 Å². The average molecular weight is 537 g/mol. The third kappa shape index (κ3) is 7.55. The number of benzene rings is 1. The number of piperidine rings is 1. The number of likely N-dealkylation sites (tertiary alicyclic amines) is 1.